The van der Waals surface area contributed by atoms with Crippen LogP contribution in [0.4, 0.5) is 19.3 Å². The molecule has 210 valence electrons. The number of pyridine rings is 1. The number of amides is 2. The van der Waals surface area contributed by atoms with E-state index in [2.05, 4.69) is 75.4 Å². The van der Waals surface area contributed by atoms with Gasteiger partial charge in [0.2, 0.25) is 0 Å². The monoisotopic (exact) mass is 579 g/mol. The number of nitrogens with one attached hydrogen (secondary N) is 1. The molecule has 9 heteroatoms. The first-order valence-corrected chi connectivity index (χ1v) is 14.6. The summed E-state index contributed by atoms with van der Waals surface area (Å²) in [6, 6.07) is 27.8. The lowest BCUT2D eigenvalue weighted by Gasteiger charge is -2.34. The third-order valence-electron chi connectivity index (χ3n) is 7.68. The largest absolute Gasteiger partial charge is 0.322 e. The van der Waals surface area contributed by atoms with E-state index in [-0.39, 0.29) is 5.69 Å². The Morgan fingerprint density at radius 1 is 0.857 bits per heavy atom. The van der Waals surface area contributed by atoms with E-state index in [0.717, 1.165) is 40.3 Å². The summed E-state index contributed by atoms with van der Waals surface area (Å²) in [5, 5.41) is 3.80. The van der Waals surface area contributed by atoms with Gasteiger partial charge in [-0.25, -0.2) is 18.6 Å². The van der Waals surface area contributed by atoms with E-state index in [1.165, 1.54) is 21.0 Å². The average molecular weight is 580 g/mol. The van der Waals surface area contributed by atoms with Gasteiger partial charge in [0.15, 0.2) is 0 Å². The molecule has 2 amide bonds. The first-order valence-electron chi connectivity index (χ1n) is 13.8. The van der Waals surface area contributed by atoms with Crippen molar-refractivity contribution < 1.29 is 13.6 Å². The molecule has 3 aromatic carbocycles. The van der Waals surface area contributed by atoms with Crippen LogP contribution in [0.15, 0.2) is 97.2 Å². The van der Waals surface area contributed by atoms with E-state index in [9.17, 15) is 13.6 Å². The lowest BCUT2D eigenvalue weighted by molar-refractivity contribution is 0.142. The number of hydrogen-bond acceptors (Lipinski definition) is 4. The molecule has 0 aliphatic carbocycles. The Bertz CT molecular complexity index is 1880. The minimum absolute atomic E-state index is 0.0310. The summed E-state index contributed by atoms with van der Waals surface area (Å²) < 4.78 is 30.8. The van der Waals surface area contributed by atoms with Crippen molar-refractivity contribution in [1.29, 1.82) is 0 Å². The Morgan fingerprint density at radius 3 is 2.43 bits per heavy atom. The van der Waals surface area contributed by atoms with E-state index in [1.807, 2.05) is 18.2 Å². The van der Waals surface area contributed by atoms with E-state index >= 15 is 0 Å². The van der Waals surface area contributed by atoms with Gasteiger partial charge in [-0.05, 0) is 41.8 Å². The summed E-state index contributed by atoms with van der Waals surface area (Å²) in [4.78, 5) is 23.0. The molecule has 0 bridgehead atoms. The molecule has 0 atom stereocenters. The highest BCUT2D eigenvalue weighted by Crippen LogP contribution is 2.35. The van der Waals surface area contributed by atoms with Gasteiger partial charge in [0.25, 0.3) is 0 Å². The number of urea groups is 1. The van der Waals surface area contributed by atoms with Crippen LogP contribution in [0.3, 0.4) is 0 Å². The Kier molecular flexibility index (Phi) is 6.89. The SMILES string of the molecule is O=C(Nc1ccc(F)cc1F)N1CCN(Cc2c(-c3ccccc3)nc3ccc(-c4cc5ccccc5s4)cn23)CC1. The van der Waals surface area contributed by atoms with Crippen molar-refractivity contribution in [3.05, 3.63) is 115 Å². The highest BCUT2D eigenvalue weighted by molar-refractivity contribution is 7.22. The van der Waals surface area contributed by atoms with Gasteiger partial charge in [-0.15, -0.1) is 11.3 Å². The number of imidazole rings is 1. The Hall–Kier alpha value is -4.60. The summed E-state index contributed by atoms with van der Waals surface area (Å²) in [6.45, 7) is 2.93. The summed E-state index contributed by atoms with van der Waals surface area (Å²) in [7, 11) is 0. The summed E-state index contributed by atoms with van der Waals surface area (Å²) >= 11 is 1.78. The molecular formula is C33H27F2N5OS. The Labute approximate surface area is 245 Å². The molecule has 0 unspecified atom stereocenters. The molecule has 42 heavy (non-hydrogen) atoms. The number of fused-ring (bicyclic) bond motifs is 2. The number of thiophene rings is 1. The molecule has 6 aromatic rings. The van der Waals surface area contributed by atoms with Gasteiger partial charge < -0.3 is 14.6 Å². The van der Waals surface area contributed by atoms with Gasteiger partial charge in [-0.1, -0.05) is 48.5 Å². The second-order valence-electron chi connectivity index (χ2n) is 10.4. The third-order valence-corrected chi connectivity index (χ3v) is 8.85. The fourth-order valence-corrected chi connectivity index (χ4v) is 6.50. The fourth-order valence-electron chi connectivity index (χ4n) is 5.45. The number of carbonyl (C=O) groups is 1. The highest BCUT2D eigenvalue weighted by Gasteiger charge is 2.24. The molecule has 4 heterocycles. The molecular weight excluding hydrogens is 552 g/mol. The number of rotatable bonds is 5. The summed E-state index contributed by atoms with van der Waals surface area (Å²) in [5.74, 6) is -1.48. The molecule has 1 fully saturated rings. The van der Waals surface area contributed by atoms with Crippen LogP contribution in [-0.4, -0.2) is 51.4 Å². The minimum Gasteiger partial charge on any atom is -0.322 e. The fraction of sp³-hybridized carbons (Fsp3) is 0.152. The second kappa shape index (κ2) is 11.0. The van der Waals surface area contributed by atoms with Gasteiger partial charge in [-0.3, -0.25) is 4.90 Å². The lowest BCUT2D eigenvalue weighted by Crippen LogP contribution is -2.49. The van der Waals surface area contributed by atoms with Crippen molar-refractivity contribution in [1.82, 2.24) is 19.2 Å². The van der Waals surface area contributed by atoms with Crippen LogP contribution in [0.1, 0.15) is 5.69 Å². The van der Waals surface area contributed by atoms with Crippen LogP contribution < -0.4 is 5.32 Å². The predicted molar refractivity (Wildman–Crippen MR) is 164 cm³/mol. The van der Waals surface area contributed by atoms with E-state index < -0.39 is 17.7 Å². The maximum Gasteiger partial charge on any atom is 0.322 e. The first-order chi connectivity index (χ1) is 20.5. The molecule has 3 aromatic heterocycles. The quantitative estimate of drug-likeness (QED) is 0.230. The zero-order valence-corrected chi connectivity index (χ0v) is 23.5. The molecule has 0 spiro atoms. The van der Waals surface area contributed by atoms with Crippen LogP contribution >= 0.6 is 11.3 Å². The zero-order chi connectivity index (χ0) is 28.6. The zero-order valence-electron chi connectivity index (χ0n) is 22.6. The maximum absolute atomic E-state index is 14.1. The normalized spacial score (nSPS) is 14.1. The molecule has 0 saturated carbocycles. The molecule has 6 nitrogen and oxygen atoms in total. The number of carbonyl (C=O) groups excluding carboxylic acids is 1. The number of anilines is 1. The van der Waals surface area contributed by atoms with Gasteiger partial charge in [0.05, 0.1) is 17.1 Å². The topological polar surface area (TPSA) is 52.9 Å². The third kappa shape index (κ3) is 5.13. The number of piperazine rings is 1. The van der Waals surface area contributed by atoms with Crippen LogP contribution in [0.5, 0.6) is 0 Å². The van der Waals surface area contributed by atoms with Crippen molar-refractivity contribution in [2.24, 2.45) is 0 Å². The maximum atomic E-state index is 14.1. The van der Waals surface area contributed by atoms with Gasteiger partial charge in [-0.2, -0.15) is 0 Å². The van der Waals surface area contributed by atoms with E-state index in [0.29, 0.717) is 32.7 Å². The van der Waals surface area contributed by atoms with Crippen LogP contribution in [0.2, 0.25) is 0 Å². The number of benzene rings is 3. The lowest BCUT2D eigenvalue weighted by atomic mass is 10.1. The minimum atomic E-state index is -0.793. The van der Waals surface area contributed by atoms with E-state index in [4.69, 9.17) is 4.98 Å². The van der Waals surface area contributed by atoms with Crippen molar-refractivity contribution in [2.45, 2.75) is 6.54 Å². The second-order valence-corrected chi connectivity index (χ2v) is 11.5. The van der Waals surface area contributed by atoms with Gasteiger partial charge >= 0.3 is 6.03 Å². The number of hydrogen-bond donors (Lipinski definition) is 1. The smallest absolute Gasteiger partial charge is 0.322 e. The van der Waals surface area contributed by atoms with Crippen LogP contribution in [-0.2, 0) is 6.54 Å². The Morgan fingerprint density at radius 2 is 1.64 bits per heavy atom. The molecule has 1 saturated heterocycles. The summed E-state index contributed by atoms with van der Waals surface area (Å²) in [6.07, 6.45) is 2.18. The molecule has 0 radical (unpaired) electrons. The number of nitrogens with zero attached hydrogens (tertiary/aromatic N) is 4. The van der Waals surface area contributed by atoms with Crippen LogP contribution in [0.25, 0.3) is 37.4 Å². The van der Waals surface area contributed by atoms with Crippen molar-refractivity contribution in [2.75, 3.05) is 31.5 Å². The van der Waals surface area contributed by atoms with Crippen molar-refractivity contribution in [3.8, 4) is 21.7 Å². The van der Waals surface area contributed by atoms with Crippen molar-refractivity contribution in [3.63, 3.8) is 0 Å². The molecule has 7 rings (SSSR count). The predicted octanol–water partition coefficient (Wildman–Crippen LogP) is 7.51. The summed E-state index contributed by atoms with van der Waals surface area (Å²) in [5.41, 5.74) is 5.07. The average Bonchev–Trinajstić information content (AvgIpc) is 3.61. The first kappa shape index (κ1) is 26.3. The van der Waals surface area contributed by atoms with E-state index in [1.54, 1.807) is 16.2 Å². The number of aromatic nitrogens is 2. The molecule has 1 N–H and O–H groups in total. The van der Waals surface area contributed by atoms with Gasteiger partial charge in [0.1, 0.15) is 17.3 Å². The van der Waals surface area contributed by atoms with Crippen LogP contribution in [0, 0.1) is 11.6 Å². The number of halogens is 2. The van der Waals surface area contributed by atoms with Gasteiger partial charge in [0, 0.05) is 65.7 Å². The molecule has 1 aliphatic heterocycles. The van der Waals surface area contributed by atoms with Crippen molar-refractivity contribution >= 4 is 38.8 Å². The molecule has 1 aliphatic rings. The standard InChI is InChI=1S/C33H27F2N5OS/c34-25-11-12-27(26(35)19-25)36-33(41)39-16-14-38(15-17-39)21-28-32(22-6-2-1-3-7-22)37-31-13-10-24(20-40(28)31)30-18-23-8-4-5-9-29(23)42-30/h1-13,18-20H,14-17,21H2,(H,36,41). The Balaban J connectivity index is 1.15. The highest BCUT2D eigenvalue weighted by atomic mass is 32.1.